The summed E-state index contributed by atoms with van der Waals surface area (Å²) in [4.78, 5) is 14.7. The molecule has 1 amide bonds. The first kappa shape index (κ1) is 19.9. The Morgan fingerprint density at radius 2 is 1.93 bits per heavy atom. The average molecular weight is 390 g/mol. The van der Waals surface area contributed by atoms with Crippen molar-refractivity contribution in [2.24, 2.45) is 17.8 Å². The normalized spacial score (nSPS) is 27.1. The topological polar surface area (TPSA) is 67.6 Å². The molecule has 6 heteroatoms. The molecular formula is C22H35N3O3. The maximum absolute atomic E-state index is 12.7. The van der Waals surface area contributed by atoms with E-state index in [-0.39, 0.29) is 0 Å². The monoisotopic (exact) mass is 389 g/mol. The second kappa shape index (κ2) is 9.88. The molecule has 1 N–H and O–H groups in total. The van der Waals surface area contributed by atoms with Crippen LogP contribution < -0.4 is 5.32 Å². The van der Waals surface area contributed by atoms with Crippen molar-refractivity contribution in [2.75, 3.05) is 39.4 Å². The molecule has 0 aromatic carbocycles. The summed E-state index contributed by atoms with van der Waals surface area (Å²) in [5.41, 5.74) is 1.06. The molecule has 0 spiro atoms. The molecule has 1 aromatic rings. The van der Waals surface area contributed by atoms with Crippen LogP contribution in [0.15, 0.2) is 10.6 Å². The smallest absolute Gasteiger partial charge is 0.223 e. The summed E-state index contributed by atoms with van der Waals surface area (Å²) in [5, 5.41) is 7.87. The van der Waals surface area contributed by atoms with E-state index < -0.39 is 0 Å². The van der Waals surface area contributed by atoms with E-state index in [9.17, 15) is 4.79 Å². The highest BCUT2D eigenvalue weighted by Gasteiger charge is 2.30. The molecule has 1 aromatic heterocycles. The summed E-state index contributed by atoms with van der Waals surface area (Å²) in [7, 11) is 0. The first-order valence-electron chi connectivity index (χ1n) is 11.3. The fourth-order valence-electron chi connectivity index (χ4n) is 5.14. The van der Waals surface area contributed by atoms with E-state index in [1.165, 1.54) is 32.1 Å². The maximum atomic E-state index is 12.7. The summed E-state index contributed by atoms with van der Waals surface area (Å²) in [6, 6.07) is 2.17. The van der Waals surface area contributed by atoms with E-state index in [1.54, 1.807) is 0 Å². The molecule has 2 aliphatic heterocycles. The van der Waals surface area contributed by atoms with Crippen molar-refractivity contribution in [3.63, 3.8) is 0 Å². The third-order valence-electron chi connectivity index (χ3n) is 6.86. The summed E-state index contributed by atoms with van der Waals surface area (Å²) in [5.74, 6) is 2.98. The number of aromatic nitrogens is 1. The lowest BCUT2D eigenvalue weighted by Crippen LogP contribution is -2.44. The Labute approximate surface area is 168 Å². The summed E-state index contributed by atoms with van der Waals surface area (Å²) in [6.07, 6.45) is 10.4. The van der Waals surface area contributed by atoms with Crippen LogP contribution >= 0.6 is 0 Å². The van der Waals surface area contributed by atoms with Gasteiger partial charge in [0.05, 0.1) is 18.9 Å². The second-order valence-corrected chi connectivity index (χ2v) is 8.91. The lowest BCUT2D eigenvalue weighted by atomic mass is 9.80. The Morgan fingerprint density at radius 3 is 2.75 bits per heavy atom. The van der Waals surface area contributed by atoms with Gasteiger partial charge in [-0.15, -0.1) is 0 Å². The molecule has 2 atom stereocenters. The molecule has 3 aliphatic rings. The van der Waals surface area contributed by atoms with Crippen LogP contribution in [-0.4, -0.2) is 55.4 Å². The van der Waals surface area contributed by atoms with Gasteiger partial charge >= 0.3 is 0 Å². The quantitative estimate of drug-likeness (QED) is 0.810. The predicted octanol–water partition coefficient (Wildman–Crippen LogP) is 2.81. The van der Waals surface area contributed by atoms with Crippen LogP contribution in [0.25, 0.3) is 0 Å². The number of carbonyl (C=O) groups is 1. The minimum Gasteiger partial charge on any atom is -0.378 e. The van der Waals surface area contributed by atoms with Crippen LogP contribution in [0.2, 0.25) is 0 Å². The van der Waals surface area contributed by atoms with E-state index in [2.05, 4.69) is 16.5 Å². The van der Waals surface area contributed by atoms with Gasteiger partial charge in [0.1, 0.15) is 5.76 Å². The van der Waals surface area contributed by atoms with E-state index >= 15 is 0 Å². The number of hydrogen-bond donors (Lipinski definition) is 1. The van der Waals surface area contributed by atoms with Gasteiger partial charge in [-0.25, -0.2) is 0 Å². The molecule has 0 unspecified atom stereocenters. The van der Waals surface area contributed by atoms with Crippen LogP contribution in [0.1, 0.15) is 56.4 Å². The van der Waals surface area contributed by atoms with Crippen molar-refractivity contribution in [3.8, 4) is 0 Å². The van der Waals surface area contributed by atoms with E-state index in [0.29, 0.717) is 37.4 Å². The first-order valence-corrected chi connectivity index (χ1v) is 11.3. The van der Waals surface area contributed by atoms with Crippen molar-refractivity contribution in [1.82, 2.24) is 15.4 Å². The molecule has 4 rings (SSSR count). The summed E-state index contributed by atoms with van der Waals surface area (Å²) in [6.45, 7) is 4.79. The Morgan fingerprint density at radius 1 is 1.11 bits per heavy atom. The van der Waals surface area contributed by atoms with Gasteiger partial charge in [-0.1, -0.05) is 37.3 Å². The molecule has 3 fully saturated rings. The van der Waals surface area contributed by atoms with Crippen LogP contribution in [0.3, 0.4) is 0 Å². The standard InChI is InChI=1S/C22H35N3O3/c26-22(25-8-10-27-11-9-25)14-18-6-7-23-16-19(18)13-20-15-21(28-24-20)12-17-4-2-1-3-5-17/h15,17-19,23H,1-14,16H2/t18-,19+/m0/s1. The number of ether oxygens (including phenoxy) is 1. The lowest BCUT2D eigenvalue weighted by Gasteiger charge is -2.34. The molecule has 156 valence electrons. The number of amides is 1. The highest BCUT2D eigenvalue weighted by Crippen LogP contribution is 2.29. The minimum atomic E-state index is 0.290. The number of nitrogens with zero attached hydrogens (tertiary/aromatic N) is 2. The molecule has 28 heavy (non-hydrogen) atoms. The average Bonchev–Trinajstić information content (AvgIpc) is 3.17. The molecule has 1 aliphatic carbocycles. The fourth-order valence-corrected chi connectivity index (χ4v) is 5.14. The van der Waals surface area contributed by atoms with Gasteiger partial charge < -0.3 is 19.5 Å². The molecular weight excluding hydrogens is 354 g/mol. The Balaban J connectivity index is 1.31. The highest BCUT2D eigenvalue weighted by molar-refractivity contribution is 5.76. The van der Waals surface area contributed by atoms with E-state index in [1.807, 2.05) is 4.90 Å². The third-order valence-corrected chi connectivity index (χ3v) is 6.86. The number of hydrogen-bond acceptors (Lipinski definition) is 5. The molecule has 2 saturated heterocycles. The Bertz CT molecular complexity index is 620. The van der Waals surface area contributed by atoms with Gasteiger partial charge in [0, 0.05) is 32.0 Å². The zero-order chi connectivity index (χ0) is 19.2. The van der Waals surface area contributed by atoms with Crippen LogP contribution in [-0.2, 0) is 22.4 Å². The first-order chi connectivity index (χ1) is 13.8. The lowest BCUT2D eigenvalue weighted by molar-refractivity contribution is -0.136. The van der Waals surface area contributed by atoms with Gasteiger partial charge in [0.15, 0.2) is 0 Å². The number of carbonyl (C=O) groups excluding carboxylic acids is 1. The van der Waals surface area contributed by atoms with Crippen LogP contribution in [0.5, 0.6) is 0 Å². The van der Waals surface area contributed by atoms with Crippen molar-refractivity contribution >= 4 is 5.91 Å². The van der Waals surface area contributed by atoms with Gasteiger partial charge in [0.2, 0.25) is 5.91 Å². The van der Waals surface area contributed by atoms with Crippen molar-refractivity contribution in [3.05, 3.63) is 17.5 Å². The zero-order valence-electron chi connectivity index (χ0n) is 17.0. The van der Waals surface area contributed by atoms with Gasteiger partial charge in [0.25, 0.3) is 0 Å². The van der Waals surface area contributed by atoms with E-state index in [4.69, 9.17) is 9.26 Å². The second-order valence-electron chi connectivity index (χ2n) is 8.91. The molecule has 3 heterocycles. The largest absolute Gasteiger partial charge is 0.378 e. The molecule has 0 radical (unpaired) electrons. The van der Waals surface area contributed by atoms with Gasteiger partial charge in [-0.2, -0.15) is 0 Å². The summed E-state index contributed by atoms with van der Waals surface area (Å²) >= 11 is 0. The number of morpholine rings is 1. The Kier molecular flexibility index (Phi) is 7.02. The van der Waals surface area contributed by atoms with Crippen LogP contribution in [0, 0.1) is 17.8 Å². The predicted molar refractivity (Wildman–Crippen MR) is 107 cm³/mol. The van der Waals surface area contributed by atoms with Crippen molar-refractivity contribution < 1.29 is 14.1 Å². The number of nitrogens with one attached hydrogen (secondary N) is 1. The number of piperidine rings is 1. The Hall–Kier alpha value is -1.40. The highest BCUT2D eigenvalue weighted by atomic mass is 16.5. The molecule has 6 nitrogen and oxygen atoms in total. The third kappa shape index (κ3) is 5.35. The molecule has 1 saturated carbocycles. The zero-order valence-corrected chi connectivity index (χ0v) is 17.0. The van der Waals surface area contributed by atoms with Crippen LogP contribution in [0.4, 0.5) is 0 Å². The van der Waals surface area contributed by atoms with Crippen molar-refractivity contribution in [2.45, 2.75) is 57.8 Å². The summed E-state index contributed by atoms with van der Waals surface area (Å²) < 4.78 is 11.0. The van der Waals surface area contributed by atoms with Gasteiger partial charge in [-0.3, -0.25) is 4.79 Å². The SMILES string of the molecule is O=C(C[C@@H]1CCNC[C@H]1Cc1cc(CC2CCCCC2)on1)N1CCOCC1. The maximum Gasteiger partial charge on any atom is 0.223 e. The fraction of sp³-hybridized carbons (Fsp3) is 0.818. The number of rotatable bonds is 6. The molecule has 0 bridgehead atoms. The van der Waals surface area contributed by atoms with Gasteiger partial charge in [-0.05, 0) is 43.7 Å². The van der Waals surface area contributed by atoms with Crippen molar-refractivity contribution in [1.29, 1.82) is 0 Å². The minimum absolute atomic E-state index is 0.290. The van der Waals surface area contributed by atoms with E-state index in [0.717, 1.165) is 62.8 Å².